The molecule has 0 aliphatic carbocycles. The van der Waals surface area contributed by atoms with Crippen molar-refractivity contribution in [2.45, 2.75) is 13.3 Å². The van der Waals surface area contributed by atoms with E-state index in [-0.39, 0.29) is 12.5 Å². The van der Waals surface area contributed by atoms with Crippen LogP contribution in [0.3, 0.4) is 0 Å². The summed E-state index contributed by atoms with van der Waals surface area (Å²) in [6.07, 6.45) is 2.08. The molecule has 2 aromatic carbocycles. The number of nitrogens with one attached hydrogen (secondary N) is 2. The highest BCUT2D eigenvalue weighted by Crippen LogP contribution is 2.36. The van der Waals surface area contributed by atoms with Gasteiger partial charge in [0.1, 0.15) is 0 Å². The lowest BCUT2D eigenvalue weighted by molar-refractivity contribution is -0.137. The minimum absolute atomic E-state index is 0.143. The summed E-state index contributed by atoms with van der Waals surface area (Å²) in [5.41, 5.74) is 4.27. The van der Waals surface area contributed by atoms with Crippen LogP contribution in [0.4, 0.5) is 5.69 Å². The second-order valence-electron chi connectivity index (χ2n) is 7.48. The molecule has 1 aliphatic heterocycles. The molecule has 3 amide bonds. The van der Waals surface area contributed by atoms with Gasteiger partial charge in [0, 0.05) is 18.8 Å². The van der Waals surface area contributed by atoms with Gasteiger partial charge in [-0.05, 0) is 51.7 Å². The number of methoxy groups -OCH3 is 1. The fraction of sp³-hybridized carbons (Fsp3) is 0.333. The summed E-state index contributed by atoms with van der Waals surface area (Å²) in [6, 6.07) is 10.6. The number of carbonyl (C=O) groups is 3. The summed E-state index contributed by atoms with van der Waals surface area (Å²) in [4.78, 5) is 38.4. The van der Waals surface area contributed by atoms with E-state index in [2.05, 4.69) is 31.8 Å². The summed E-state index contributed by atoms with van der Waals surface area (Å²) < 4.78 is 16.9. The van der Waals surface area contributed by atoms with Gasteiger partial charge in [0.05, 0.1) is 31.0 Å². The van der Waals surface area contributed by atoms with Crippen LogP contribution in [-0.2, 0) is 25.5 Å². The molecule has 10 nitrogen and oxygen atoms in total. The van der Waals surface area contributed by atoms with Crippen LogP contribution in [0.2, 0.25) is 0 Å². The first-order chi connectivity index (χ1) is 16.9. The molecule has 2 aromatic rings. The lowest BCUT2D eigenvalue weighted by Gasteiger charge is -2.26. The molecule has 11 heteroatoms. The number of rotatable bonds is 8. The number of nitrogens with zero attached hydrogens (tertiary/aromatic N) is 2. The molecule has 1 fully saturated rings. The molecule has 0 bridgehead atoms. The van der Waals surface area contributed by atoms with Crippen molar-refractivity contribution in [2.75, 3.05) is 45.3 Å². The minimum atomic E-state index is -0.903. The number of ether oxygens (including phenoxy) is 3. The van der Waals surface area contributed by atoms with Crippen LogP contribution in [0.5, 0.6) is 11.5 Å². The molecule has 1 heterocycles. The number of halogens is 1. The van der Waals surface area contributed by atoms with Crippen molar-refractivity contribution in [3.63, 3.8) is 0 Å². The number of para-hydroxylation sites is 1. The molecule has 0 aromatic heterocycles. The van der Waals surface area contributed by atoms with Gasteiger partial charge >= 0.3 is 11.8 Å². The van der Waals surface area contributed by atoms with E-state index in [4.69, 9.17) is 14.2 Å². The number of aryl methyl sites for hydroxylation is 1. The van der Waals surface area contributed by atoms with Crippen LogP contribution in [0.1, 0.15) is 18.1 Å². The van der Waals surface area contributed by atoms with Gasteiger partial charge in [-0.25, -0.2) is 5.43 Å². The topological polar surface area (TPSA) is 119 Å². The SMILES string of the molecule is CCc1ccccc1NC(=O)C(=O)N/N=C\c1cc(Br)c(OCC(=O)N2CCOCC2)c(OC)c1. The van der Waals surface area contributed by atoms with Crippen LogP contribution in [0, 0.1) is 0 Å². The van der Waals surface area contributed by atoms with Crippen molar-refractivity contribution < 1.29 is 28.6 Å². The summed E-state index contributed by atoms with van der Waals surface area (Å²) >= 11 is 3.42. The van der Waals surface area contributed by atoms with Crippen molar-refractivity contribution in [3.8, 4) is 11.5 Å². The maximum absolute atomic E-state index is 12.4. The summed E-state index contributed by atoms with van der Waals surface area (Å²) in [5.74, 6) is -1.13. The first kappa shape index (κ1) is 26.2. The molecule has 0 unspecified atom stereocenters. The van der Waals surface area contributed by atoms with Gasteiger partial charge in [-0.15, -0.1) is 0 Å². The maximum atomic E-state index is 12.4. The molecular formula is C24H27BrN4O6. The molecule has 0 saturated carbocycles. The Kier molecular flexibility index (Phi) is 9.62. The third kappa shape index (κ3) is 7.27. The number of benzene rings is 2. The lowest BCUT2D eigenvalue weighted by atomic mass is 10.1. The average Bonchev–Trinajstić information content (AvgIpc) is 2.88. The summed E-state index contributed by atoms with van der Waals surface area (Å²) in [7, 11) is 1.47. The van der Waals surface area contributed by atoms with E-state index < -0.39 is 11.8 Å². The first-order valence-corrected chi connectivity index (χ1v) is 11.8. The Labute approximate surface area is 211 Å². The molecule has 0 radical (unpaired) electrons. The third-order valence-corrected chi connectivity index (χ3v) is 5.78. The smallest absolute Gasteiger partial charge is 0.329 e. The predicted octanol–water partition coefficient (Wildman–Crippen LogP) is 2.35. The largest absolute Gasteiger partial charge is 0.493 e. The van der Waals surface area contributed by atoms with E-state index in [9.17, 15) is 14.4 Å². The molecule has 186 valence electrons. The Bertz CT molecular complexity index is 1100. The van der Waals surface area contributed by atoms with E-state index in [1.54, 1.807) is 29.2 Å². The average molecular weight is 547 g/mol. The molecule has 2 N–H and O–H groups in total. The molecule has 1 saturated heterocycles. The number of carbonyl (C=O) groups excluding carboxylic acids is 3. The quantitative estimate of drug-likeness (QED) is 0.298. The van der Waals surface area contributed by atoms with E-state index in [0.717, 1.165) is 5.56 Å². The highest BCUT2D eigenvalue weighted by atomic mass is 79.9. The van der Waals surface area contributed by atoms with Gasteiger partial charge in [-0.1, -0.05) is 25.1 Å². The fourth-order valence-corrected chi connectivity index (χ4v) is 3.91. The maximum Gasteiger partial charge on any atom is 0.329 e. The zero-order chi connectivity index (χ0) is 25.2. The summed E-state index contributed by atoms with van der Waals surface area (Å²) in [5, 5.41) is 6.44. The van der Waals surface area contributed by atoms with Crippen LogP contribution < -0.4 is 20.2 Å². The Morgan fingerprint density at radius 2 is 1.91 bits per heavy atom. The number of hydrazone groups is 1. The van der Waals surface area contributed by atoms with Gasteiger partial charge in [0.2, 0.25) is 0 Å². The Hall–Kier alpha value is -3.44. The number of amides is 3. The lowest BCUT2D eigenvalue weighted by Crippen LogP contribution is -2.43. The number of anilines is 1. The Balaban J connectivity index is 1.59. The monoisotopic (exact) mass is 546 g/mol. The van der Waals surface area contributed by atoms with Gasteiger partial charge in [0.25, 0.3) is 5.91 Å². The Morgan fingerprint density at radius 3 is 2.63 bits per heavy atom. The van der Waals surface area contributed by atoms with E-state index >= 15 is 0 Å². The van der Waals surface area contributed by atoms with Crippen molar-refractivity contribution in [3.05, 3.63) is 52.0 Å². The normalized spacial score (nSPS) is 13.4. The zero-order valence-electron chi connectivity index (χ0n) is 19.5. The summed E-state index contributed by atoms with van der Waals surface area (Å²) in [6.45, 7) is 3.90. The van der Waals surface area contributed by atoms with Crippen molar-refractivity contribution >= 4 is 45.6 Å². The van der Waals surface area contributed by atoms with Crippen LogP contribution in [0.25, 0.3) is 0 Å². The number of hydrogen-bond donors (Lipinski definition) is 2. The molecule has 0 spiro atoms. The van der Waals surface area contributed by atoms with Crippen molar-refractivity contribution in [2.24, 2.45) is 5.10 Å². The molecule has 3 rings (SSSR count). The highest BCUT2D eigenvalue weighted by molar-refractivity contribution is 9.10. The van der Waals surface area contributed by atoms with Crippen molar-refractivity contribution in [1.82, 2.24) is 10.3 Å². The van der Waals surface area contributed by atoms with Gasteiger partial charge in [0.15, 0.2) is 18.1 Å². The Morgan fingerprint density at radius 1 is 1.17 bits per heavy atom. The number of hydrogen-bond acceptors (Lipinski definition) is 7. The third-order valence-electron chi connectivity index (χ3n) is 5.19. The van der Waals surface area contributed by atoms with Gasteiger partial charge in [-0.3, -0.25) is 14.4 Å². The van der Waals surface area contributed by atoms with Crippen LogP contribution in [0.15, 0.2) is 46.0 Å². The van der Waals surface area contributed by atoms with E-state index in [1.165, 1.54) is 13.3 Å². The first-order valence-electron chi connectivity index (χ1n) is 11.0. The van der Waals surface area contributed by atoms with Crippen LogP contribution >= 0.6 is 15.9 Å². The molecule has 35 heavy (non-hydrogen) atoms. The molecule has 1 aliphatic rings. The standard InChI is InChI=1S/C24H27BrN4O6/c1-3-17-6-4-5-7-19(17)27-23(31)24(32)28-26-14-16-12-18(25)22(20(13-16)33-2)35-15-21(30)29-8-10-34-11-9-29/h4-7,12-14H,3,8-11,15H2,1-2H3,(H,27,31)(H,28,32)/b26-14-. The van der Waals surface area contributed by atoms with Gasteiger partial charge < -0.3 is 24.4 Å². The van der Waals surface area contributed by atoms with E-state index in [1.807, 2.05) is 19.1 Å². The predicted molar refractivity (Wildman–Crippen MR) is 134 cm³/mol. The van der Waals surface area contributed by atoms with Crippen molar-refractivity contribution in [1.29, 1.82) is 0 Å². The molecule has 0 atom stereocenters. The van der Waals surface area contributed by atoms with E-state index in [0.29, 0.717) is 59.9 Å². The van der Waals surface area contributed by atoms with Crippen LogP contribution in [-0.4, -0.2) is 68.9 Å². The highest BCUT2D eigenvalue weighted by Gasteiger charge is 2.19. The second kappa shape index (κ2) is 12.9. The number of morpholine rings is 1. The second-order valence-corrected chi connectivity index (χ2v) is 8.33. The minimum Gasteiger partial charge on any atom is -0.493 e. The fourth-order valence-electron chi connectivity index (χ4n) is 3.34. The van der Waals surface area contributed by atoms with Gasteiger partial charge in [-0.2, -0.15) is 5.10 Å². The molecular weight excluding hydrogens is 520 g/mol. The zero-order valence-corrected chi connectivity index (χ0v) is 21.1.